The minimum Gasteiger partial charge on any atom is -0.135 e. The molecule has 7 rings (SSSR count). The molecule has 0 bridgehead atoms. The van der Waals surface area contributed by atoms with Gasteiger partial charge >= 0.3 is 0 Å². The van der Waals surface area contributed by atoms with Crippen LogP contribution in [0.25, 0.3) is 60.5 Å². The lowest BCUT2D eigenvalue weighted by atomic mass is 10.1. The van der Waals surface area contributed by atoms with Gasteiger partial charge in [0.25, 0.3) is 0 Å². The zero-order valence-corrected chi connectivity index (χ0v) is 21.5. The number of rotatable bonds is 0. The highest BCUT2D eigenvalue weighted by Crippen LogP contribution is 2.45. The maximum atomic E-state index is 2.45. The van der Waals surface area contributed by atoms with E-state index in [0.29, 0.717) is 0 Å². The summed E-state index contributed by atoms with van der Waals surface area (Å²) >= 11 is 10.6. The van der Waals surface area contributed by atoms with E-state index >= 15 is 0 Å². The summed E-state index contributed by atoms with van der Waals surface area (Å²) < 4.78 is 11.0. The lowest BCUT2D eigenvalue weighted by Gasteiger charge is -1.97. The van der Waals surface area contributed by atoms with Gasteiger partial charge in [-0.3, -0.25) is 0 Å². The van der Waals surface area contributed by atoms with Crippen LogP contribution in [0.4, 0.5) is 0 Å². The SMILES string of the molecule is Ic1cc2sc3cc4c(cc3c2cc1I)sc1cc2c(cc14)sc1ccccc12. The number of fused-ring (bicyclic) bond motifs is 9. The highest BCUT2D eigenvalue weighted by molar-refractivity contribution is 14.1. The smallest absolute Gasteiger partial charge is 0.0366 e. The van der Waals surface area contributed by atoms with E-state index in [1.807, 2.05) is 34.0 Å². The second kappa shape index (κ2) is 6.26. The summed E-state index contributed by atoms with van der Waals surface area (Å²) in [7, 11) is 0. The molecule has 0 N–H and O–H groups in total. The molecule has 0 aliphatic rings. The van der Waals surface area contributed by atoms with E-state index in [1.54, 1.807) is 0 Å². The molecule has 0 atom stereocenters. The number of benzene rings is 4. The van der Waals surface area contributed by atoms with Crippen molar-refractivity contribution in [1.82, 2.24) is 0 Å². The van der Waals surface area contributed by atoms with Gasteiger partial charge in [0.1, 0.15) is 0 Å². The maximum Gasteiger partial charge on any atom is 0.0366 e. The van der Waals surface area contributed by atoms with Gasteiger partial charge in [0.15, 0.2) is 0 Å². The van der Waals surface area contributed by atoms with Gasteiger partial charge in [-0.25, -0.2) is 0 Å². The van der Waals surface area contributed by atoms with E-state index in [-0.39, 0.29) is 0 Å². The van der Waals surface area contributed by atoms with Crippen molar-refractivity contribution in [2.75, 3.05) is 0 Å². The van der Waals surface area contributed by atoms with Crippen molar-refractivity contribution in [2.24, 2.45) is 0 Å². The number of hydrogen-bond acceptors (Lipinski definition) is 3. The largest absolute Gasteiger partial charge is 0.135 e. The van der Waals surface area contributed by atoms with Crippen LogP contribution < -0.4 is 0 Å². The highest BCUT2D eigenvalue weighted by atomic mass is 127. The molecule has 0 saturated carbocycles. The molecule has 0 saturated heterocycles. The second-order valence-corrected chi connectivity index (χ2v) is 12.8. The molecule has 0 unspecified atom stereocenters. The third-order valence-corrected chi connectivity index (χ3v) is 11.8. The van der Waals surface area contributed by atoms with Crippen LogP contribution in [0, 0.1) is 7.14 Å². The molecule has 0 spiro atoms. The topological polar surface area (TPSA) is 0 Å². The lowest BCUT2D eigenvalue weighted by molar-refractivity contribution is 1.68. The van der Waals surface area contributed by atoms with Gasteiger partial charge in [0, 0.05) is 67.7 Å². The molecule has 3 aromatic heterocycles. The van der Waals surface area contributed by atoms with Crippen molar-refractivity contribution in [1.29, 1.82) is 0 Å². The van der Waals surface area contributed by atoms with Crippen molar-refractivity contribution in [3.05, 3.63) is 67.8 Å². The maximum absolute atomic E-state index is 2.45. The van der Waals surface area contributed by atoms with Gasteiger partial charge in [0.2, 0.25) is 0 Å². The van der Waals surface area contributed by atoms with E-state index in [1.165, 1.54) is 67.7 Å². The third kappa shape index (κ3) is 2.51. The number of thiophene rings is 3. The van der Waals surface area contributed by atoms with Gasteiger partial charge in [-0.1, -0.05) is 18.2 Å². The molecular weight excluding hydrogens is 638 g/mol. The lowest BCUT2D eigenvalue weighted by Crippen LogP contribution is -1.77. The fourth-order valence-electron chi connectivity index (χ4n) is 4.26. The molecule has 0 aliphatic carbocycles. The minimum absolute atomic E-state index is 1.33. The summed E-state index contributed by atoms with van der Waals surface area (Å²) in [5, 5.41) is 8.34. The van der Waals surface area contributed by atoms with E-state index in [9.17, 15) is 0 Å². The highest BCUT2D eigenvalue weighted by Gasteiger charge is 2.14. The quantitative estimate of drug-likeness (QED) is 0.144. The van der Waals surface area contributed by atoms with Gasteiger partial charge < -0.3 is 0 Å². The molecule has 5 heteroatoms. The first-order chi connectivity index (χ1) is 14.2. The van der Waals surface area contributed by atoms with Gasteiger partial charge in [-0.05, 0) is 87.6 Å². The van der Waals surface area contributed by atoms with Crippen LogP contribution >= 0.6 is 79.2 Å². The zero-order chi connectivity index (χ0) is 19.3. The van der Waals surface area contributed by atoms with Crippen molar-refractivity contribution in [2.45, 2.75) is 0 Å². The molecule has 4 aromatic carbocycles. The van der Waals surface area contributed by atoms with Crippen LogP contribution in [0.2, 0.25) is 0 Å². The van der Waals surface area contributed by atoms with Gasteiger partial charge in [-0.15, -0.1) is 34.0 Å². The Balaban J connectivity index is 1.61. The number of hydrogen-bond donors (Lipinski definition) is 0. The molecule has 0 radical (unpaired) electrons. The summed E-state index contributed by atoms with van der Waals surface area (Å²) in [6.07, 6.45) is 0. The molecule has 0 aliphatic heterocycles. The Kier molecular flexibility index (Phi) is 3.81. The fraction of sp³-hybridized carbons (Fsp3) is 0. The summed E-state index contributed by atoms with van der Waals surface area (Å²) in [6.45, 7) is 0. The van der Waals surface area contributed by atoms with Crippen LogP contribution in [-0.4, -0.2) is 0 Å². The molecule has 0 amide bonds. The van der Waals surface area contributed by atoms with Crippen molar-refractivity contribution >= 4 is 140 Å². The Morgan fingerprint density at radius 1 is 0.414 bits per heavy atom. The third-order valence-electron chi connectivity index (χ3n) is 5.60. The van der Waals surface area contributed by atoms with Crippen molar-refractivity contribution < 1.29 is 0 Å². The summed E-state index contributed by atoms with van der Waals surface area (Å²) in [6, 6.07) is 23.1. The van der Waals surface area contributed by atoms with Crippen LogP contribution in [0.5, 0.6) is 0 Å². The normalized spacial score (nSPS) is 12.5. The standard InChI is InChI=1S/C24H10I2S3/c25-17-5-12-14-7-23-16(9-22(14)29-24(12)10-18(17)26)15-8-20-13(6-21(15)28-23)11-3-1-2-4-19(11)27-20/h1-10H. The molecule has 29 heavy (non-hydrogen) atoms. The minimum atomic E-state index is 1.33. The van der Waals surface area contributed by atoms with E-state index < -0.39 is 0 Å². The first kappa shape index (κ1) is 17.7. The van der Waals surface area contributed by atoms with Crippen LogP contribution in [0.15, 0.2) is 60.7 Å². The van der Waals surface area contributed by atoms with E-state index in [0.717, 1.165) is 0 Å². The summed E-state index contributed by atoms with van der Waals surface area (Å²) in [5.74, 6) is 0. The Hall–Kier alpha value is -1.00. The zero-order valence-electron chi connectivity index (χ0n) is 14.8. The molecule has 0 fully saturated rings. The van der Waals surface area contributed by atoms with E-state index in [2.05, 4.69) is 106 Å². The number of halogens is 2. The summed E-state index contributed by atoms with van der Waals surface area (Å²) in [5.41, 5.74) is 0. The molecular formula is C24H10I2S3. The van der Waals surface area contributed by atoms with Gasteiger partial charge in [0.05, 0.1) is 0 Å². The fourth-order valence-corrected chi connectivity index (χ4v) is 8.83. The van der Waals surface area contributed by atoms with Crippen molar-refractivity contribution in [3.8, 4) is 0 Å². The van der Waals surface area contributed by atoms with Crippen LogP contribution in [0.3, 0.4) is 0 Å². The second-order valence-electron chi connectivity index (χ2n) is 7.25. The first-order valence-electron chi connectivity index (χ1n) is 9.14. The summed E-state index contributed by atoms with van der Waals surface area (Å²) in [4.78, 5) is 0. The van der Waals surface area contributed by atoms with E-state index in [4.69, 9.17) is 0 Å². The van der Waals surface area contributed by atoms with Gasteiger partial charge in [-0.2, -0.15) is 0 Å². The average Bonchev–Trinajstić information content (AvgIpc) is 3.36. The van der Waals surface area contributed by atoms with Crippen LogP contribution in [-0.2, 0) is 0 Å². The van der Waals surface area contributed by atoms with Crippen LogP contribution in [0.1, 0.15) is 0 Å². The predicted molar refractivity (Wildman–Crippen MR) is 151 cm³/mol. The van der Waals surface area contributed by atoms with Crippen molar-refractivity contribution in [3.63, 3.8) is 0 Å². The Labute approximate surface area is 205 Å². The Morgan fingerprint density at radius 3 is 1.45 bits per heavy atom. The predicted octanol–water partition coefficient (Wildman–Crippen LogP) is 10.00. The Morgan fingerprint density at radius 2 is 0.828 bits per heavy atom. The first-order valence-corrected chi connectivity index (χ1v) is 13.8. The molecule has 0 nitrogen and oxygen atoms in total. The molecule has 138 valence electrons. The molecule has 3 heterocycles. The Bertz CT molecular complexity index is 1780. The average molecular weight is 648 g/mol. The molecule has 7 aromatic rings. The monoisotopic (exact) mass is 648 g/mol.